The zero-order valence-corrected chi connectivity index (χ0v) is 15.0. The van der Waals surface area contributed by atoms with Crippen LogP contribution < -0.4 is 0 Å². The molecule has 1 saturated heterocycles. The summed E-state index contributed by atoms with van der Waals surface area (Å²) in [5, 5.41) is 2.46. The van der Waals surface area contributed by atoms with Gasteiger partial charge in [-0.3, -0.25) is 0 Å². The summed E-state index contributed by atoms with van der Waals surface area (Å²) in [6, 6.07) is 14.9. The Balaban J connectivity index is 1.99. The molecule has 1 fully saturated rings. The molecule has 2 heteroatoms. The van der Waals surface area contributed by atoms with E-state index in [9.17, 15) is 4.79 Å². The van der Waals surface area contributed by atoms with Crippen molar-refractivity contribution in [1.82, 2.24) is 4.90 Å². The molecule has 0 bridgehead atoms. The van der Waals surface area contributed by atoms with Crippen molar-refractivity contribution in [1.29, 1.82) is 0 Å². The van der Waals surface area contributed by atoms with Crippen molar-refractivity contribution < 1.29 is 4.79 Å². The summed E-state index contributed by atoms with van der Waals surface area (Å²) in [6.45, 7) is 7.84. The van der Waals surface area contributed by atoms with Crippen LogP contribution in [0.4, 0.5) is 0 Å². The van der Waals surface area contributed by atoms with Crippen LogP contribution in [0, 0.1) is 5.92 Å². The topological polar surface area (TPSA) is 20.3 Å². The third-order valence-electron chi connectivity index (χ3n) is 5.40. The highest BCUT2D eigenvalue weighted by molar-refractivity contribution is 5.90. The molecule has 1 aliphatic rings. The second kappa shape index (κ2) is 7.48. The van der Waals surface area contributed by atoms with Crippen molar-refractivity contribution in [2.75, 3.05) is 19.6 Å². The summed E-state index contributed by atoms with van der Waals surface area (Å²) in [4.78, 5) is 14.9. The van der Waals surface area contributed by atoms with E-state index in [-0.39, 0.29) is 5.41 Å². The van der Waals surface area contributed by atoms with Gasteiger partial charge in [0, 0.05) is 0 Å². The molecule has 0 aromatic heterocycles. The monoisotopic (exact) mass is 323 g/mol. The molecule has 2 aromatic carbocycles. The van der Waals surface area contributed by atoms with E-state index < -0.39 is 0 Å². The Bertz CT molecular complexity index is 682. The summed E-state index contributed by atoms with van der Waals surface area (Å²) in [7, 11) is 0. The first kappa shape index (κ1) is 17.2. The molecule has 1 atom stereocenters. The highest BCUT2D eigenvalue weighted by Gasteiger charge is 2.34. The van der Waals surface area contributed by atoms with Crippen LogP contribution in [0.25, 0.3) is 10.8 Å². The molecule has 128 valence electrons. The van der Waals surface area contributed by atoms with Crippen molar-refractivity contribution in [3.8, 4) is 0 Å². The third kappa shape index (κ3) is 3.54. The Hall–Kier alpha value is -1.67. The Morgan fingerprint density at radius 3 is 2.50 bits per heavy atom. The zero-order chi connectivity index (χ0) is 17.0. The van der Waals surface area contributed by atoms with Crippen LogP contribution in [-0.4, -0.2) is 30.8 Å². The molecule has 2 nitrogen and oxygen atoms in total. The summed E-state index contributed by atoms with van der Waals surface area (Å²) < 4.78 is 0. The van der Waals surface area contributed by atoms with Gasteiger partial charge in [0.2, 0.25) is 0 Å². The van der Waals surface area contributed by atoms with Gasteiger partial charge < -0.3 is 9.69 Å². The maximum absolute atomic E-state index is 12.4. The van der Waals surface area contributed by atoms with Crippen LogP contribution in [0.3, 0.4) is 0 Å². The number of aldehydes is 1. The van der Waals surface area contributed by atoms with Gasteiger partial charge in [-0.15, -0.1) is 0 Å². The molecular formula is C22H29NO. The minimum absolute atomic E-state index is 0.377. The average Bonchev–Trinajstić information content (AvgIpc) is 3.11. The Kier molecular flexibility index (Phi) is 5.35. The van der Waals surface area contributed by atoms with E-state index in [0.29, 0.717) is 5.92 Å². The van der Waals surface area contributed by atoms with Crippen molar-refractivity contribution in [2.45, 2.75) is 44.9 Å². The molecular weight excluding hydrogens is 294 g/mol. The summed E-state index contributed by atoms with van der Waals surface area (Å²) in [5.74, 6) is 0.493. The molecule has 0 amide bonds. The first-order valence-electron chi connectivity index (χ1n) is 9.31. The predicted molar refractivity (Wildman–Crippen MR) is 101 cm³/mol. The fourth-order valence-electron chi connectivity index (χ4n) is 4.27. The van der Waals surface area contributed by atoms with Crippen LogP contribution in [-0.2, 0) is 10.2 Å². The van der Waals surface area contributed by atoms with Crippen molar-refractivity contribution >= 4 is 17.1 Å². The van der Waals surface area contributed by atoms with Gasteiger partial charge in [0.25, 0.3) is 0 Å². The third-order valence-corrected chi connectivity index (χ3v) is 5.40. The molecule has 1 aliphatic heterocycles. The maximum atomic E-state index is 12.4. The highest BCUT2D eigenvalue weighted by Crippen LogP contribution is 2.37. The Labute approximate surface area is 145 Å². The number of hydrogen-bond acceptors (Lipinski definition) is 2. The number of benzene rings is 2. The lowest BCUT2D eigenvalue weighted by Gasteiger charge is -2.33. The van der Waals surface area contributed by atoms with Crippen molar-refractivity contribution in [3.05, 3.63) is 48.0 Å². The van der Waals surface area contributed by atoms with Gasteiger partial charge in [0.05, 0.1) is 5.41 Å². The molecule has 0 N–H and O–H groups in total. The molecule has 24 heavy (non-hydrogen) atoms. The number of likely N-dealkylation sites (tertiary alicyclic amines) is 1. The fourth-order valence-corrected chi connectivity index (χ4v) is 4.27. The molecule has 2 aromatic rings. The predicted octanol–water partition coefficient (Wildman–Crippen LogP) is 4.81. The van der Waals surface area contributed by atoms with Gasteiger partial charge in [-0.25, -0.2) is 0 Å². The van der Waals surface area contributed by atoms with Crippen LogP contribution in [0.2, 0.25) is 0 Å². The number of rotatable bonds is 7. The lowest BCUT2D eigenvalue weighted by Crippen LogP contribution is -2.35. The summed E-state index contributed by atoms with van der Waals surface area (Å²) in [6.07, 6.45) is 5.67. The Morgan fingerprint density at radius 2 is 1.79 bits per heavy atom. The van der Waals surface area contributed by atoms with Crippen molar-refractivity contribution in [2.24, 2.45) is 5.92 Å². The van der Waals surface area contributed by atoms with E-state index in [1.807, 2.05) is 0 Å². The van der Waals surface area contributed by atoms with Crippen molar-refractivity contribution in [3.63, 3.8) is 0 Å². The zero-order valence-electron chi connectivity index (χ0n) is 15.0. The molecule has 3 rings (SSSR count). The first-order chi connectivity index (χ1) is 11.6. The van der Waals surface area contributed by atoms with E-state index >= 15 is 0 Å². The minimum atomic E-state index is -0.377. The second-order valence-corrected chi connectivity index (χ2v) is 7.70. The molecule has 0 spiro atoms. The summed E-state index contributed by atoms with van der Waals surface area (Å²) >= 11 is 0. The lowest BCUT2D eigenvalue weighted by atomic mass is 9.71. The van der Waals surface area contributed by atoms with Gasteiger partial charge >= 0.3 is 0 Å². The number of hydrogen-bond donors (Lipinski definition) is 0. The number of fused-ring (bicyclic) bond motifs is 1. The molecule has 1 unspecified atom stereocenters. The van der Waals surface area contributed by atoms with Gasteiger partial charge in [-0.2, -0.15) is 0 Å². The van der Waals surface area contributed by atoms with Gasteiger partial charge in [0.15, 0.2) is 0 Å². The quantitative estimate of drug-likeness (QED) is 0.682. The molecule has 0 radical (unpaired) electrons. The van der Waals surface area contributed by atoms with E-state index in [1.165, 1.54) is 48.6 Å². The van der Waals surface area contributed by atoms with E-state index in [2.05, 4.69) is 61.2 Å². The molecule has 1 heterocycles. The largest absolute Gasteiger partial charge is 0.303 e. The highest BCUT2D eigenvalue weighted by atomic mass is 16.1. The van der Waals surface area contributed by atoms with Crippen LogP contribution in [0.1, 0.15) is 45.1 Å². The average molecular weight is 323 g/mol. The van der Waals surface area contributed by atoms with E-state index in [4.69, 9.17) is 0 Å². The number of carbonyl (C=O) groups excluding carboxylic acids is 1. The van der Waals surface area contributed by atoms with Gasteiger partial charge in [-0.1, -0.05) is 56.3 Å². The van der Waals surface area contributed by atoms with E-state index in [0.717, 1.165) is 19.4 Å². The number of nitrogens with zero attached hydrogens (tertiary/aromatic N) is 1. The maximum Gasteiger partial charge on any atom is 0.130 e. The lowest BCUT2D eigenvalue weighted by molar-refractivity contribution is -0.113. The summed E-state index contributed by atoms with van der Waals surface area (Å²) in [5.41, 5.74) is 0.834. The first-order valence-corrected chi connectivity index (χ1v) is 9.31. The Morgan fingerprint density at radius 1 is 1.08 bits per heavy atom. The SMILES string of the molecule is CC(C)CC(C=O)(CCN1CCCC1)c1cccc2ccccc12. The van der Waals surface area contributed by atoms with Crippen LogP contribution >= 0.6 is 0 Å². The molecule has 0 aliphatic carbocycles. The van der Waals surface area contributed by atoms with Crippen LogP contribution in [0.5, 0.6) is 0 Å². The standard InChI is InChI=1S/C22H29NO/c1-18(2)16-22(17-24,12-15-23-13-5-6-14-23)21-11-7-9-19-8-3-4-10-20(19)21/h3-4,7-11,17-18H,5-6,12-16H2,1-2H3. The second-order valence-electron chi connectivity index (χ2n) is 7.70. The normalized spacial score (nSPS) is 18.1. The molecule has 0 saturated carbocycles. The minimum Gasteiger partial charge on any atom is -0.303 e. The van der Waals surface area contributed by atoms with Gasteiger partial charge in [0.1, 0.15) is 6.29 Å². The van der Waals surface area contributed by atoms with Gasteiger partial charge in [-0.05, 0) is 67.6 Å². The van der Waals surface area contributed by atoms with Crippen LogP contribution in [0.15, 0.2) is 42.5 Å². The smallest absolute Gasteiger partial charge is 0.130 e. The number of carbonyl (C=O) groups is 1. The fraction of sp³-hybridized carbons (Fsp3) is 0.500. The van der Waals surface area contributed by atoms with E-state index in [1.54, 1.807) is 0 Å².